The highest BCUT2D eigenvalue weighted by atomic mass is 32.1. The van der Waals surface area contributed by atoms with E-state index in [1.54, 1.807) is 23.2 Å². The van der Waals surface area contributed by atoms with E-state index in [-0.39, 0.29) is 5.91 Å². The van der Waals surface area contributed by atoms with E-state index >= 15 is 0 Å². The smallest absolute Gasteiger partial charge is 0.225 e. The monoisotopic (exact) mass is 282 g/mol. The van der Waals surface area contributed by atoms with Gasteiger partial charge in [-0.1, -0.05) is 0 Å². The minimum absolute atomic E-state index is 0.0525. The quantitative estimate of drug-likeness (QED) is 0.884. The molecule has 1 unspecified atom stereocenters. The maximum absolute atomic E-state index is 11.5. The molecule has 1 aromatic heterocycles. The van der Waals surface area contributed by atoms with Crippen LogP contribution in [0, 0.1) is 0 Å². The Morgan fingerprint density at radius 1 is 1.63 bits per heavy atom. The van der Waals surface area contributed by atoms with Crippen LogP contribution < -0.4 is 10.2 Å². The van der Waals surface area contributed by atoms with E-state index < -0.39 is 0 Å². The molecule has 1 aliphatic heterocycles. The zero-order chi connectivity index (χ0) is 13.8. The number of nitrogens with one attached hydrogen (secondary N) is 1. The van der Waals surface area contributed by atoms with Gasteiger partial charge in [0.05, 0.1) is 5.69 Å². The summed E-state index contributed by atoms with van der Waals surface area (Å²) in [6, 6.07) is 0.597. The lowest BCUT2D eigenvalue weighted by Crippen LogP contribution is -2.33. The third-order valence-electron chi connectivity index (χ3n) is 3.54. The van der Waals surface area contributed by atoms with Crippen LogP contribution in [0.25, 0.3) is 0 Å². The Morgan fingerprint density at radius 2 is 2.42 bits per heavy atom. The molecule has 1 N–H and O–H groups in total. The molecule has 0 saturated carbocycles. The maximum atomic E-state index is 11.5. The van der Waals surface area contributed by atoms with Gasteiger partial charge in [-0.3, -0.25) is 14.6 Å². The second-order valence-corrected chi connectivity index (χ2v) is 5.78. The van der Waals surface area contributed by atoms with Crippen LogP contribution in [0.1, 0.15) is 26.0 Å². The first-order valence-corrected chi connectivity index (χ1v) is 7.63. The number of anilines is 1. The predicted molar refractivity (Wildman–Crippen MR) is 78.6 cm³/mol. The molecule has 1 atom stereocenters. The van der Waals surface area contributed by atoms with Gasteiger partial charge in [-0.2, -0.15) is 0 Å². The Hall–Kier alpha value is -0.980. The highest BCUT2D eigenvalue weighted by Gasteiger charge is 2.20. The standard InChI is InChI=1S/C13H22N4OS/c1-4-17(10(2)18)13-15-11(9-19-13)8-16(3)12-5-6-14-7-12/h9,12,14H,4-8H2,1-3H3. The van der Waals surface area contributed by atoms with Crippen molar-refractivity contribution in [3.8, 4) is 0 Å². The molecule has 1 aromatic rings. The highest BCUT2D eigenvalue weighted by molar-refractivity contribution is 7.14. The third-order valence-corrected chi connectivity index (χ3v) is 4.45. The summed E-state index contributed by atoms with van der Waals surface area (Å²) in [5.41, 5.74) is 1.05. The van der Waals surface area contributed by atoms with Crippen molar-refractivity contribution in [2.75, 3.05) is 31.6 Å². The molecule has 0 radical (unpaired) electrons. The average molecular weight is 282 g/mol. The summed E-state index contributed by atoms with van der Waals surface area (Å²) in [6.07, 6.45) is 1.20. The Kier molecular flexibility index (Phi) is 4.90. The van der Waals surface area contributed by atoms with Crippen LogP contribution in [0.5, 0.6) is 0 Å². The molecular weight excluding hydrogens is 260 g/mol. The van der Waals surface area contributed by atoms with Crippen LogP contribution in [-0.4, -0.2) is 48.5 Å². The summed E-state index contributed by atoms with van der Waals surface area (Å²) in [5.74, 6) is 0.0525. The number of carbonyl (C=O) groups is 1. The van der Waals surface area contributed by atoms with Gasteiger partial charge in [-0.05, 0) is 26.9 Å². The number of hydrogen-bond acceptors (Lipinski definition) is 5. The Bertz CT molecular complexity index is 428. The summed E-state index contributed by atoms with van der Waals surface area (Å²) < 4.78 is 0. The van der Waals surface area contributed by atoms with Crippen molar-refractivity contribution in [3.63, 3.8) is 0 Å². The molecule has 106 valence electrons. The molecule has 2 rings (SSSR count). The summed E-state index contributed by atoms with van der Waals surface area (Å²) in [5, 5.41) is 6.24. The summed E-state index contributed by atoms with van der Waals surface area (Å²) in [7, 11) is 2.14. The number of aromatic nitrogens is 1. The average Bonchev–Trinajstić information content (AvgIpc) is 3.00. The molecule has 19 heavy (non-hydrogen) atoms. The fraction of sp³-hybridized carbons (Fsp3) is 0.692. The number of hydrogen-bond donors (Lipinski definition) is 1. The molecule has 0 spiro atoms. The van der Waals surface area contributed by atoms with Gasteiger partial charge in [0.15, 0.2) is 5.13 Å². The molecule has 1 fully saturated rings. The lowest BCUT2D eigenvalue weighted by molar-refractivity contribution is -0.116. The van der Waals surface area contributed by atoms with Crippen molar-refractivity contribution < 1.29 is 4.79 Å². The van der Waals surface area contributed by atoms with Gasteiger partial charge < -0.3 is 5.32 Å². The van der Waals surface area contributed by atoms with Gasteiger partial charge in [-0.15, -0.1) is 11.3 Å². The van der Waals surface area contributed by atoms with Crippen molar-refractivity contribution in [2.45, 2.75) is 32.9 Å². The Balaban J connectivity index is 1.98. The van der Waals surface area contributed by atoms with Crippen LogP contribution in [0.4, 0.5) is 5.13 Å². The van der Waals surface area contributed by atoms with Gasteiger partial charge in [0.25, 0.3) is 0 Å². The van der Waals surface area contributed by atoms with Crippen LogP contribution in [0.3, 0.4) is 0 Å². The van der Waals surface area contributed by atoms with Crippen molar-refractivity contribution >= 4 is 22.4 Å². The molecule has 6 heteroatoms. The fourth-order valence-corrected chi connectivity index (χ4v) is 3.31. The van der Waals surface area contributed by atoms with Crippen LogP contribution >= 0.6 is 11.3 Å². The third kappa shape index (κ3) is 3.52. The molecule has 1 amide bonds. The van der Waals surface area contributed by atoms with E-state index in [0.717, 1.165) is 30.5 Å². The molecule has 5 nitrogen and oxygen atoms in total. The summed E-state index contributed by atoms with van der Waals surface area (Å²) in [4.78, 5) is 20.1. The Morgan fingerprint density at radius 3 is 3.00 bits per heavy atom. The predicted octanol–water partition coefficient (Wildman–Crippen LogP) is 1.31. The number of thiazole rings is 1. The van der Waals surface area contributed by atoms with Crippen molar-refractivity contribution in [2.24, 2.45) is 0 Å². The zero-order valence-corrected chi connectivity index (χ0v) is 12.7. The van der Waals surface area contributed by atoms with E-state index in [4.69, 9.17) is 0 Å². The first-order chi connectivity index (χ1) is 9.11. The first-order valence-electron chi connectivity index (χ1n) is 6.75. The van der Waals surface area contributed by atoms with Crippen molar-refractivity contribution in [1.82, 2.24) is 15.2 Å². The van der Waals surface area contributed by atoms with Crippen molar-refractivity contribution in [3.05, 3.63) is 11.1 Å². The molecule has 1 aliphatic rings. The van der Waals surface area contributed by atoms with E-state index in [0.29, 0.717) is 12.6 Å². The van der Waals surface area contributed by atoms with Gasteiger partial charge >= 0.3 is 0 Å². The first kappa shape index (κ1) is 14.4. The summed E-state index contributed by atoms with van der Waals surface area (Å²) >= 11 is 1.55. The normalized spacial score (nSPS) is 19.1. The van der Waals surface area contributed by atoms with E-state index in [9.17, 15) is 4.79 Å². The fourth-order valence-electron chi connectivity index (χ4n) is 2.39. The maximum Gasteiger partial charge on any atom is 0.225 e. The van der Waals surface area contributed by atoms with E-state index in [1.165, 1.54) is 6.42 Å². The van der Waals surface area contributed by atoms with Crippen LogP contribution in [0.15, 0.2) is 5.38 Å². The number of rotatable bonds is 5. The molecule has 0 aromatic carbocycles. The van der Waals surface area contributed by atoms with Gasteiger partial charge in [0.2, 0.25) is 5.91 Å². The molecule has 2 heterocycles. The van der Waals surface area contributed by atoms with E-state index in [2.05, 4.69) is 27.6 Å². The summed E-state index contributed by atoms with van der Waals surface area (Å²) in [6.45, 7) is 7.23. The number of likely N-dealkylation sites (N-methyl/N-ethyl adjacent to an activating group) is 1. The van der Waals surface area contributed by atoms with Crippen LogP contribution in [0.2, 0.25) is 0 Å². The van der Waals surface area contributed by atoms with E-state index in [1.807, 2.05) is 6.92 Å². The highest BCUT2D eigenvalue weighted by Crippen LogP contribution is 2.22. The van der Waals surface area contributed by atoms with Crippen molar-refractivity contribution in [1.29, 1.82) is 0 Å². The second-order valence-electron chi connectivity index (χ2n) is 4.95. The van der Waals surface area contributed by atoms with Gasteiger partial charge in [-0.25, -0.2) is 4.98 Å². The van der Waals surface area contributed by atoms with Gasteiger partial charge in [0, 0.05) is 38.0 Å². The number of amides is 1. The molecule has 1 saturated heterocycles. The topological polar surface area (TPSA) is 48.5 Å². The number of carbonyl (C=O) groups excluding carboxylic acids is 1. The molecule has 0 bridgehead atoms. The lowest BCUT2D eigenvalue weighted by Gasteiger charge is -2.22. The lowest BCUT2D eigenvalue weighted by atomic mass is 10.2. The molecule has 0 aliphatic carbocycles. The minimum Gasteiger partial charge on any atom is -0.315 e. The zero-order valence-electron chi connectivity index (χ0n) is 11.8. The largest absolute Gasteiger partial charge is 0.315 e. The number of nitrogens with zero attached hydrogens (tertiary/aromatic N) is 3. The molecular formula is C13H22N4OS. The second kappa shape index (κ2) is 6.45. The van der Waals surface area contributed by atoms with Gasteiger partial charge in [0.1, 0.15) is 0 Å². The minimum atomic E-state index is 0.0525. The Labute approximate surface area is 118 Å². The van der Waals surface area contributed by atoms with Crippen LogP contribution in [-0.2, 0) is 11.3 Å². The SMILES string of the molecule is CCN(C(C)=O)c1nc(CN(C)C2CCNC2)cs1.